The Kier molecular flexibility index (Phi) is 4.29. The van der Waals surface area contributed by atoms with Crippen LogP contribution in [0.4, 0.5) is 5.69 Å². The molecule has 0 spiro atoms. The Morgan fingerprint density at radius 1 is 1.36 bits per heavy atom. The molecule has 2 fully saturated rings. The average Bonchev–Trinajstić information content (AvgIpc) is 3.09. The van der Waals surface area contributed by atoms with Gasteiger partial charge in [-0.2, -0.15) is 0 Å². The Labute approximate surface area is 148 Å². The maximum atomic E-state index is 10.9. The van der Waals surface area contributed by atoms with Crippen LogP contribution in [-0.2, 0) is 4.74 Å². The van der Waals surface area contributed by atoms with E-state index in [1.807, 2.05) is 25.3 Å². The summed E-state index contributed by atoms with van der Waals surface area (Å²) in [6, 6.07) is 8.42. The van der Waals surface area contributed by atoms with Gasteiger partial charge in [-0.25, -0.2) is 0 Å². The second kappa shape index (κ2) is 6.46. The lowest BCUT2D eigenvalue weighted by atomic mass is 9.79. The van der Waals surface area contributed by atoms with Crippen molar-refractivity contribution >= 4 is 16.6 Å². The van der Waals surface area contributed by atoms with Crippen LogP contribution in [0.25, 0.3) is 10.9 Å². The van der Waals surface area contributed by atoms with Gasteiger partial charge in [0.2, 0.25) is 0 Å². The third-order valence-corrected chi connectivity index (χ3v) is 5.85. The minimum absolute atomic E-state index is 0.123. The number of hydrogen-bond acceptors (Lipinski definition) is 5. The van der Waals surface area contributed by atoms with E-state index >= 15 is 0 Å². The monoisotopic (exact) mass is 342 g/mol. The van der Waals surface area contributed by atoms with Crippen molar-refractivity contribution in [1.82, 2.24) is 4.98 Å². The Hall–Kier alpha value is -1.85. The van der Waals surface area contributed by atoms with E-state index < -0.39 is 5.60 Å². The van der Waals surface area contributed by atoms with Crippen LogP contribution in [0.15, 0.2) is 30.5 Å². The summed E-state index contributed by atoms with van der Waals surface area (Å²) in [6.07, 6.45) is 4.76. The largest absolute Gasteiger partial charge is 0.494 e. The Morgan fingerprint density at radius 2 is 2.24 bits per heavy atom. The maximum Gasteiger partial charge on any atom is 0.145 e. The molecule has 1 aromatic heterocycles. The van der Waals surface area contributed by atoms with E-state index in [4.69, 9.17) is 9.47 Å². The number of fused-ring (bicyclic) bond motifs is 1. The van der Waals surface area contributed by atoms with Gasteiger partial charge in [0.15, 0.2) is 0 Å². The summed E-state index contributed by atoms with van der Waals surface area (Å²) in [6.45, 7) is 4.23. The molecule has 1 N–H and O–H groups in total. The van der Waals surface area contributed by atoms with Crippen LogP contribution < -0.4 is 9.64 Å². The third kappa shape index (κ3) is 2.85. The first kappa shape index (κ1) is 16.6. The van der Waals surface area contributed by atoms with Crippen LogP contribution in [0.1, 0.15) is 26.2 Å². The minimum Gasteiger partial charge on any atom is -0.494 e. The highest BCUT2D eigenvalue weighted by Gasteiger charge is 2.44. The van der Waals surface area contributed by atoms with Gasteiger partial charge < -0.3 is 19.5 Å². The van der Waals surface area contributed by atoms with Crippen molar-refractivity contribution in [3.63, 3.8) is 0 Å². The van der Waals surface area contributed by atoms with Crippen molar-refractivity contribution in [2.24, 2.45) is 5.92 Å². The highest BCUT2D eigenvalue weighted by atomic mass is 16.5. The molecule has 0 amide bonds. The highest BCUT2D eigenvalue weighted by Crippen LogP contribution is 2.40. The van der Waals surface area contributed by atoms with Gasteiger partial charge in [0.25, 0.3) is 0 Å². The summed E-state index contributed by atoms with van der Waals surface area (Å²) in [4.78, 5) is 6.97. The van der Waals surface area contributed by atoms with Crippen LogP contribution in [0.5, 0.6) is 5.75 Å². The van der Waals surface area contributed by atoms with Crippen LogP contribution >= 0.6 is 0 Å². The molecule has 2 aromatic rings. The Balaban J connectivity index is 1.75. The molecule has 0 unspecified atom stereocenters. The van der Waals surface area contributed by atoms with Crippen molar-refractivity contribution in [2.75, 3.05) is 31.8 Å². The number of para-hydroxylation sites is 1. The van der Waals surface area contributed by atoms with E-state index in [-0.39, 0.29) is 12.0 Å². The predicted molar refractivity (Wildman–Crippen MR) is 98.2 cm³/mol. The molecule has 2 aliphatic heterocycles. The summed E-state index contributed by atoms with van der Waals surface area (Å²) in [5.41, 5.74) is 1.39. The summed E-state index contributed by atoms with van der Waals surface area (Å²) >= 11 is 0. The molecule has 5 nitrogen and oxygen atoms in total. The fourth-order valence-corrected chi connectivity index (χ4v) is 4.44. The molecule has 3 atom stereocenters. The molecule has 5 heteroatoms. The Bertz CT molecular complexity index is 762. The molecule has 2 aliphatic rings. The number of aromatic nitrogens is 1. The van der Waals surface area contributed by atoms with Gasteiger partial charge in [0, 0.05) is 42.4 Å². The number of hydrogen-bond donors (Lipinski definition) is 1. The summed E-state index contributed by atoms with van der Waals surface area (Å²) in [5.74, 6) is 0.917. The average molecular weight is 342 g/mol. The lowest BCUT2D eigenvalue weighted by molar-refractivity contribution is -0.108. The number of benzene rings is 1. The van der Waals surface area contributed by atoms with Crippen LogP contribution in [-0.4, -0.2) is 48.6 Å². The summed E-state index contributed by atoms with van der Waals surface area (Å²) in [5, 5.41) is 12.0. The first-order valence-electron chi connectivity index (χ1n) is 9.10. The van der Waals surface area contributed by atoms with Gasteiger partial charge in [0.05, 0.1) is 19.3 Å². The van der Waals surface area contributed by atoms with Crippen molar-refractivity contribution in [2.45, 2.75) is 37.8 Å². The number of methoxy groups -OCH3 is 1. The number of rotatable bonds is 3. The zero-order chi connectivity index (χ0) is 17.4. The molecular formula is C20H26N2O3. The fourth-order valence-electron chi connectivity index (χ4n) is 4.44. The van der Waals surface area contributed by atoms with E-state index in [1.165, 1.54) is 5.69 Å². The Morgan fingerprint density at radius 3 is 3.04 bits per heavy atom. The minimum atomic E-state index is -0.675. The fraction of sp³-hybridized carbons (Fsp3) is 0.550. The molecular weight excluding hydrogens is 316 g/mol. The highest BCUT2D eigenvalue weighted by molar-refractivity contribution is 5.95. The SMILES string of the molecule is COc1cccc2c(N3CCC[C@@H]3[C@@H]3COCC[C@]3(C)O)ccnc12. The molecule has 4 rings (SSSR count). The van der Waals surface area contributed by atoms with Crippen molar-refractivity contribution in [3.8, 4) is 5.75 Å². The summed E-state index contributed by atoms with van der Waals surface area (Å²) in [7, 11) is 1.68. The van der Waals surface area contributed by atoms with E-state index in [1.54, 1.807) is 7.11 Å². The van der Waals surface area contributed by atoms with Gasteiger partial charge >= 0.3 is 0 Å². The lowest BCUT2D eigenvalue weighted by Gasteiger charge is -2.44. The molecule has 0 bridgehead atoms. The standard InChI is InChI=1S/C20H26N2O3/c1-20(23)9-12-25-13-15(20)17-6-4-11-22(17)16-8-10-21-19-14(16)5-3-7-18(19)24-2/h3,5,7-8,10,15,17,23H,4,6,9,11-13H2,1-2H3/t15-,17+,20-/m0/s1. The lowest BCUT2D eigenvalue weighted by Crippen LogP contribution is -2.52. The quantitative estimate of drug-likeness (QED) is 0.929. The number of aliphatic hydroxyl groups is 1. The van der Waals surface area contributed by atoms with E-state index in [0.717, 1.165) is 36.0 Å². The molecule has 1 aromatic carbocycles. The molecule has 3 heterocycles. The molecule has 25 heavy (non-hydrogen) atoms. The first-order chi connectivity index (χ1) is 12.1. The molecule has 2 saturated heterocycles. The van der Waals surface area contributed by atoms with Gasteiger partial charge in [-0.15, -0.1) is 0 Å². The van der Waals surface area contributed by atoms with E-state index in [9.17, 15) is 5.11 Å². The van der Waals surface area contributed by atoms with Gasteiger partial charge in [-0.3, -0.25) is 4.98 Å². The van der Waals surface area contributed by atoms with Crippen molar-refractivity contribution in [3.05, 3.63) is 30.5 Å². The van der Waals surface area contributed by atoms with Crippen molar-refractivity contribution in [1.29, 1.82) is 0 Å². The molecule has 0 saturated carbocycles. The predicted octanol–water partition coefficient (Wildman–Crippen LogP) is 3.00. The van der Waals surface area contributed by atoms with E-state index in [0.29, 0.717) is 19.6 Å². The zero-order valence-corrected chi connectivity index (χ0v) is 14.9. The molecule has 0 radical (unpaired) electrons. The number of ether oxygens (including phenoxy) is 2. The smallest absolute Gasteiger partial charge is 0.145 e. The molecule has 0 aliphatic carbocycles. The molecule has 134 valence electrons. The number of anilines is 1. The van der Waals surface area contributed by atoms with Crippen LogP contribution in [0, 0.1) is 5.92 Å². The van der Waals surface area contributed by atoms with Gasteiger partial charge in [-0.05, 0) is 38.3 Å². The zero-order valence-electron chi connectivity index (χ0n) is 14.9. The maximum absolute atomic E-state index is 10.9. The van der Waals surface area contributed by atoms with Crippen LogP contribution in [0.3, 0.4) is 0 Å². The van der Waals surface area contributed by atoms with Crippen LogP contribution in [0.2, 0.25) is 0 Å². The number of nitrogens with zero attached hydrogens (tertiary/aromatic N) is 2. The summed E-state index contributed by atoms with van der Waals surface area (Å²) < 4.78 is 11.2. The third-order valence-electron chi connectivity index (χ3n) is 5.85. The van der Waals surface area contributed by atoms with Gasteiger partial charge in [-0.1, -0.05) is 12.1 Å². The van der Waals surface area contributed by atoms with Crippen molar-refractivity contribution < 1.29 is 14.6 Å². The first-order valence-corrected chi connectivity index (χ1v) is 9.10. The second-order valence-corrected chi connectivity index (χ2v) is 7.38. The topological polar surface area (TPSA) is 54.8 Å². The van der Waals surface area contributed by atoms with E-state index in [2.05, 4.69) is 22.0 Å². The number of pyridine rings is 1. The second-order valence-electron chi connectivity index (χ2n) is 7.38. The van der Waals surface area contributed by atoms with Gasteiger partial charge in [0.1, 0.15) is 11.3 Å². The normalized spacial score (nSPS) is 30.0.